The monoisotopic (exact) mass is 259 g/mol. The summed E-state index contributed by atoms with van der Waals surface area (Å²) in [6.07, 6.45) is 0. The quantitative estimate of drug-likeness (QED) is 0.749. The van der Waals surface area contributed by atoms with Gasteiger partial charge in [-0.05, 0) is 24.3 Å². The number of aromatic amines is 1. The van der Waals surface area contributed by atoms with Crippen LogP contribution in [0, 0.1) is 0 Å². The fourth-order valence-electron chi connectivity index (χ4n) is 1.82. The van der Waals surface area contributed by atoms with Gasteiger partial charge in [-0.1, -0.05) is 0 Å². The molecule has 0 unspecified atom stereocenters. The summed E-state index contributed by atoms with van der Waals surface area (Å²) < 4.78 is 5.24. The van der Waals surface area contributed by atoms with Crippen LogP contribution in [-0.2, 0) is 4.79 Å². The number of carbonyl (C=O) groups is 2. The lowest BCUT2D eigenvalue weighted by Gasteiger charge is -2.18. The van der Waals surface area contributed by atoms with Gasteiger partial charge in [-0.2, -0.15) is 5.10 Å². The van der Waals surface area contributed by atoms with Crippen molar-refractivity contribution in [3.8, 4) is 17.0 Å². The maximum atomic E-state index is 11.2. The van der Waals surface area contributed by atoms with E-state index < -0.39 is 5.97 Å². The zero-order valence-corrected chi connectivity index (χ0v) is 9.64. The minimum atomic E-state index is -1.08. The van der Waals surface area contributed by atoms with Gasteiger partial charge in [0.1, 0.15) is 11.4 Å². The Morgan fingerprint density at radius 2 is 2.21 bits per heavy atom. The minimum Gasteiger partial charge on any atom is -0.482 e. The third kappa shape index (κ3) is 2.01. The number of benzene rings is 1. The maximum absolute atomic E-state index is 11.2. The van der Waals surface area contributed by atoms with Crippen molar-refractivity contribution in [2.75, 3.05) is 11.9 Å². The number of hydrogen-bond acceptors (Lipinski definition) is 4. The van der Waals surface area contributed by atoms with Crippen molar-refractivity contribution in [1.29, 1.82) is 0 Å². The predicted octanol–water partition coefficient (Wildman–Crippen LogP) is 1.11. The third-order valence-electron chi connectivity index (χ3n) is 2.72. The van der Waals surface area contributed by atoms with Crippen molar-refractivity contribution < 1.29 is 19.4 Å². The number of fused-ring (bicyclic) bond motifs is 1. The van der Waals surface area contributed by atoms with Crippen molar-refractivity contribution in [2.24, 2.45) is 0 Å². The van der Waals surface area contributed by atoms with Crippen LogP contribution in [0.25, 0.3) is 11.3 Å². The Morgan fingerprint density at radius 3 is 2.95 bits per heavy atom. The smallest absolute Gasteiger partial charge is 0.353 e. The molecule has 1 aliphatic rings. The summed E-state index contributed by atoms with van der Waals surface area (Å²) in [7, 11) is 0. The SMILES string of the molecule is O=C1COc2ccc(-c3cc(C(=O)O)[nH]n3)cc2N1. The molecule has 0 fully saturated rings. The molecule has 1 aliphatic heterocycles. The van der Waals surface area contributed by atoms with Crippen molar-refractivity contribution in [3.05, 3.63) is 30.0 Å². The highest BCUT2D eigenvalue weighted by molar-refractivity contribution is 5.96. The maximum Gasteiger partial charge on any atom is 0.353 e. The number of hydrogen-bond donors (Lipinski definition) is 3. The van der Waals surface area contributed by atoms with E-state index in [9.17, 15) is 9.59 Å². The number of carbonyl (C=O) groups excluding carboxylic acids is 1. The summed E-state index contributed by atoms with van der Waals surface area (Å²) in [6.45, 7) is -0.00207. The summed E-state index contributed by atoms with van der Waals surface area (Å²) in [4.78, 5) is 22.0. The molecule has 2 aromatic rings. The van der Waals surface area contributed by atoms with E-state index in [4.69, 9.17) is 9.84 Å². The number of aromatic nitrogens is 2. The number of amides is 1. The van der Waals surface area contributed by atoms with E-state index in [1.807, 2.05) is 0 Å². The van der Waals surface area contributed by atoms with Gasteiger partial charge in [0, 0.05) is 5.56 Å². The van der Waals surface area contributed by atoms with Gasteiger partial charge < -0.3 is 15.2 Å². The number of anilines is 1. The van der Waals surface area contributed by atoms with Gasteiger partial charge in [-0.3, -0.25) is 9.89 Å². The van der Waals surface area contributed by atoms with Crippen LogP contribution in [0.3, 0.4) is 0 Å². The Morgan fingerprint density at radius 1 is 1.37 bits per heavy atom. The molecule has 7 heteroatoms. The first-order valence-corrected chi connectivity index (χ1v) is 5.49. The molecule has 0 saturated carbocycles. The Balaban J connectivity index is 1.99. The van der Waals surface area contributed by atoms with Gasteiger partial charge >= 0.3 is 5.97 Å². The topological polar surface area (TPSA) is 104 Å². The molecule has 3 N–H and O–H groups in total. The average Bonchev–Trinajstić information content (AvgIpc) is 2.87. The van der Waals surface area contributed by atoms with Crippen LogP contribution in [0.4, 0.5) is 5.69 Å². The molecule has 1 aromatic carbocycles. The van der Waals surface area contributed by atoms with E-state index >= 15 is 0 Å². The molecular weight excluding hydrogens is 250 g/mol. The number of nitrogens with one attached hydrogen (secondary N) is 2. The summed E-state index contributed by atoms with van der Waals surface area (Å²) in [6, 6.07) is 6.57. The number of carboxylic acids is 1. The number of carboxylic acid groups (broad SMARTS) is 1. The molecule has 0 spiro atoms. The van der Waals surface area contributed by atoms with Crippen molar-refractivity contribution in [2.45, 2.75) is 0 Å². The van der Waals surface area contributed by atoms with E-state index in [2.05, 4.69) is 15.5 Å². The predicted molar refractivity (Wildman–Crippen MR) is 65.1 cm³/mol. The minimum absolute atomic E-state index is 0.00207. The third-order valence-corrected chi connectivity index (χ3v) is 2.72. The van der Waals surface area contributed by atoms with Gasteiger partial charge in [0.2, 0.25) is 0 Å². The number of nitrogens with zero attached hydrogens (tertiary/aromatic N) is 1. The van der Waals surface area contributed by atoms with E-state index in [0.717, 1.165) is 0 Å². The second-order valence-electron chi connectivity index (χ2n) is 4.02. The van der Waals surface area contributed by atoms with Gasteiger partial charge in [-0.15, -0.1) is 0 Å². The lowest BCUT2D eigenvalue weighted by atomic mass is 10.1. The van der Waals surface area contributed by atoms with Crippen LogP contribution in [0.2, 0.25) is 0 Å². The average molecular weight is 259 g/mol. The normalized spacial score (nSPS) is 13.4. The standard InChI is InChI=1S/C12H9N3O4/c16-11-5-19-10-2-1-6(3-8(10)13-11)7-4-9(12(17)18)15-14-7/h1-4H,5H2,(H,13,16)(H,14,15)(H,17,18). The highest BCUT2D eigenvalue weighted by Gasteiger charge is 2.17. The molecule has 96 valence electrons. The second kappa shape index (κ2) is 4.13. The van der Waals surface area contributed by atoms with Crippen LogP contribution < -0.4 is 10.1 Å². The summed E-state index contributed by atoms with van der Waals surface area (Å²) in [5, 5.41) is 17.8. The van der Waals surface area contributed by atoms with Crippen LogP contribution in [-0.4, -0.2) is 33.8 Å². The van der Waals surface area contributed by atoms with Crippen molar-refractivity contribution in [1.82, 2.24) is 10.2 Å². The van der Waals surface area contributed by atoms with Crippen LogP contribution in [0.1, 0.15) is 10.5 Å². The number of ether oxygens (including phenoxy) is 1. The molecule has 0 atom stereocenters. The number of rotatable bonds is 2. The molecule has 0 saturated heterocycles. The molecule has 19 heavy (non-hydrogen) atoms. The molecular formula is C12H9N3O4. The molecule has 2 heterocycles. The van der Waals surface area contributed by atoms with E-state index in [0.29, 0.717) is 22.7 Å². The second-order valence-corrected chi connectivity index (χ2v) is 4.02. The van der Waals surface area contributed by atoms with Crippen LogP contribution in [0.15, 0.2) is 24.3 Å². The molecule has 3 rings (SSSR count). The van der Waals surface area contributed by atoms with Crippen LogP contribution in [0.5, 0.6) is 5.75 Å². The molecule has 1 aromatic heterocycles. The van der Waals surface area contributed by atoms with Crippen molar-refractivity contribution >= 4 is 17.6 Å². The molecule has 0 radical (unpaired) electrons. The van der Waals surface area contributed by atoms with Gasteiger partial charge in [-0.25, -0.2) is 4.79 Å². The van der Waals surface area contributed by atoms with Gasteiger partial charge in [0.05, 0.1) is 11.4 Å². The largest absolute Gasteiger partial charge is 0.482 e. The number of H-pyrrole nitrogens is 1. The fourth-order valence-corrected chi connectivity index (χ4v) is 1.82. The first kappa shape index (κ1) is 11.3. The summed E-state index contributed by atoms with van der Waals surface area (Å²) >= 11 is 0. The lowest BCUT2D eigenvalue weighted by Crippen LogP contribution is -2.25. The first-order valence-electron chi connectivity index (χ1n) is 5.49. The Kier molecular flexibility index (Phi) is 2.45. The Bertz CT molecular complexity index is 677. The summed E-state index contributed by atoms with van der Waals surface area (Å²) in [5.74, 6) is -0.719. The Hall–Kier alpha value is -2.83. The molecule has 0 aliphatic carbocycles. The lowest BCUT2D eigenvalue weighted by molar-refractivity contribution is -0.118. The van der Waals surface area contributed by atoms with E-state index in [1.54, 1.807) is 18.2 Å². The van der Waals surface area contributed by atoms with Crippen molar-refractivity contribution in [3.63, 3.8) is 0 Å². The zero-order valence-electron chi connectivity index (χ0n) is 9.64. The van der Waals surface area contributed by atoms with E-state index in [1.165, 1.54) is 6.07 Å². The molecule has 7 nitrogen and oxygen atoms in total. The van der Waals surface area contributed by atoms with Crippen LogP contribution >= 0.6 is 0 Å². The summed E-state index contributed by atoms with van der Waals surface area (Å²) in [5.41, 5.74) is 1.73. The molecule has 0 bridgehead atoms. The highest BCUT2D eigenvalue weighted by Crippen LogP contribution is 2.32. The molecule has 1 amide bonds. The van der Waals surface area contributed by atoms with Gasteiger partial charge in [0.15, 0.2) is 6.61 Å². The zero-order chi connectivity index (χ0) is 13.4. The van der Waals surface area contributed by atoms with E-state index in [-0.39, 0.29) is 18.2 Å². The highest BCUT2D eigenvalue weighted by atomic mass is 16.5. The Labute approximate surface area is 107 Å². The van der Waals surface area contributed by atoms with Gasteiger partial charge in [0.25, 0.3) is 5.91 Å². The number of aromatic carboxylic acids is 1. The fraction of sp³-hybridized carbons (Fsp3) is 0.0833. The first-order chi connectivity index (χ1) is 9.13.